The molecule has 0 bridgehead atoms. The average Bonchev–Trinajstić information content (AvgIpc) is 2.46. The van der Waals surface area contributed by atoms with Crippen molar-refractivity contribution in [3.8, 4) is 0 Å². The topological polar surface area (TPSA) is 91.7 Å². The number of hydrogen-bond acceptors (Lipinski definition) is 7. The summed E-state index contributed by atoms with van der Waals surface area (Å²) in [6.45, 7) is 0.0979. The van der Waals surface area contributed by atoms with Crippen molar-refractivity contribution in [2.24, 2.45) is 0 Å². The molecule has 1 rings (SSSR count). The number of rotatable bonds is 7. The molecule has 0 aromatic carbocycles. The van der Waals surface area contributed by atoms with Gasteiger partial charge in [-0.2, -0.15) is 5.10 Å². The van der Waals surface area contributed by atoms with E-state index in [1.54, 1.807) is 0 Å². The number of esters is 1. The molecule has 0 fully saturated rings. The van der Waals surface area contributed by atoms with Crippen LogP contribution in [0.3, 0.4) is 0 Å². The van der Waals surface area contributed by atoms with Crippen LogP contribution in [0.4, 0.5) is 5.69 Å². The molecule has 0 aliphatic rings. The third kappa shape index (κ3) is 4.29. The zero-order chi connectivity index (χ0) is 15.1. The van der Waals surface area contributed by atoms with Gasteiger partial charge in [0.2, 0.25) is 0 Å². The highest BCUT2D eigenvalue weighted by molar-refractivity contribution is 9.10. The van der Waals surface area contributed by atoms with Gasteiger partial charge in [-0.15, -0.1) is 0 Å². The highest BCUT2D eigenvalue weighted by atomic mass is 79.9. The van der Waals surface area contributed by atoms with Gasteiger partial charge in [0.25, 0.3) is 5.56 Å². The molecule has 0 spiro atoms. The van der Waals surface area contributed by atoms with Gasteiger partial charge >= 0.3 is 5.97 Å². The van der Waals surface area contributed by atoms with Gasteiger partial charge in [-0.3, -0.25) is 9.59 Å². The maximum Gasteiger partial charge on any atom is 0.327 e. The number of anilines is 1. The Bertz CT molecular complexity index is 515. The van der Waals surface area contributed by atoms with Crippen LogP contribution in [-0.4, -0.2) is 49.9 Å². The summed E-state index contributed by atoms with van der Waals surface area (Å²) in [4.78, 5) is 23.1. The lowest BCUT2D eigenvalue weighted by molar-refractivity contribution is -0.141. The maximum absolute atomic E-state index is 12.0. The maximum atomic E-state index is 12.0. The van der Waals surface area contributed by atoms with Crippen molar-refractivity contribution in [2.75, 3.05) is 33.2 Å². The van der Waals surface area contributed by atoms with E-state index >= 15 is 0 Å². The van der Waals surface area contributed by atoms with E-state index in [9.17, 15) is 9.59 Å². The molecule has 0 aliphatic carbocycles. The minimum absolute atomic E-state index is 0.243. The summed E-state index contributed by atoms with van der Waals surface area (Å²) in [5.74, 6) is -0.550. The lowest BCUT2D eigenvalue weighted by Crippen LogP contribution is -2.29. The van der Waals surface area contributed by atoms with E-state index in [0.717, 1.165) is 4.68 Å². The molecule has 0 saturated carbocycles. The molecule has 1 aromatic heterocycles. The third-order valence-corrected chi connectivity index (χ3v) is 3.24. The molecule has 1 heterocycles. The van der Waals surface area contributed by atoms with Crippen molar-refractivity contribution in [3.05, 3.63) is 21.0 Å². The number of nitrogens with one attached hydrogen (secondary N) is 1. The first kappa shape index (κ1) is 16.6. The van der Waals surface area contributed by atoms with Crippen LogP contribution in [0, 0.1) is 0 Å². The minimum atomic E-state index is -0.550. The molecular formula is C11H16BrN3O5. The van der Waals surface area contributed by atoms with Crippen LogP contribution < -0.4 is 10.9 Å². The summed E-state index contributed by atoms with van der Waals surface area (Å²) in [6.07, 6.45) is 0.982. The van der Waals surface area contributed by atoms with E-state index < -0.39 is 17.8 Å². The molecule has 0 saturated heterocycles. The van der Waals surface area contributed by atoms with Crippen molar-refractivity contribution in [1.29, 1.82) is 0 Å². The molecule has 0 amide bonds. The lowest BCUT2D eigenvalue weighted by atomic mass is 10.4. The number of nitrogens with zero attached hydrogens (tertiary/aromatic N) is 2. The van der Waals surface area contributed by atoms with Gasteiger partial charge in [0, 0.05) is 14.2 Å². The Morgan fingerprint density at radius 1 is 1.45 bits per heavy atom. The highest BCUT2D eigenvalue weighted by Gasteiger charge is 2.13. The van der Waals surface area contributed by atoms with Crippen LogP contribution in [0.25, 0.3) is 0 Å². The smallest absolute Gasteiger partial charge is 0.327 e. The van der Waals surface area contributed by atoms with Gasteiger partial charge in [0.15, 0.2) is 6.29 Å². The standard InChI is InChI=1S/C11H16BrN3O5/c1-18-8(16)6-15-11(17)10(12)7(4-14-15)13-5-9(19-2)20-3/h4,9,13H,5-6H2,1-3H3. The molecule has 20 heavy (non-hydrogen) atoms. The minimum Gasteiger partial charge on any atom is -0.468 e. The van der Waals surface area contributed by atoms with E-state index in [4.69, 9.17) is 9.47 Å². The monoisotopic (exact) mass is 349 g/mol. The fraction of sp³-hybridized carbons (Fsp3) is 0.545. The van der Waals surface area contributed by atoms with Crippen LogP contribution >= 0.6 is 15.9 Å². The van der Waals surface area contributed by atoms with Crippen LogP contribution in [0.1, 0.15) is 0 Å². The molecule has 0 radical (unpaired) electrons. The summed E-state index contributed by atoms with van der Waals surface area (Å²) >= 11 is 3.17. The van der Waals surface area contributed by atoms with Crippen molar-refractivity contribution in [1.82, 2.24) is 9.78 Å². The summed E-state index contributed by atoms with van der Waals surface area (Å²) in [7, 11) is 4.27. The van der Waals surface area contributed by atoms with Gasteiger partial charge in [0.1, 0.15) is 11.0 Å². The van der Waals surface area contributed by atoms with Gasteiger partial charge < -0.3 is 19.5 Å². The summed E-state index contributed by atoms with van der Waals surface area (Å²) < 4.78 is 15.8. The van der Waals surface area contributed by atoms with Crippen LogP contribution in [0.5, 0.6) is 0 Å². The number of carbonyl (C=O) groups is 1. The zero-order valence-electron chi connectivity index (χ0n) is 11.4. The summed E-state index contributed by atoms with van der Waals surface area (Å²) in [5, 5.41) is 6.85. The second-order valence-corrected chi connectivity index (χ2v) is 4.49. The number of hydrogen-bond donors (Lipinski definition) is 1. The first-order valence-corrected chi connectivity index (χ1v) is 6.44. The van der Waals surface area contributed by atoms with E-state index in [1.807, 2.05) is 0 Å². The van der Waals surface area contributed by atoms with E-state index in [2.05, 4.69) is 31.1 Å². The fourth-order valence-corrected chi connectivity index (χ4v) is 1.79. The van der Waals surface area contributed by atoms with Gasteiger partial charge in [-0.1, -0.05) is 0 Å². The van der Waals surface area contributed by atoms with Crippen molar-refractivity contribution >= 4 is 27.6 Å². The summed E-state index contributed by atoms with van der Waals surface area (Å²) in [5.41, 5.74) is 0.0435. The number of carbonyl (C=O) groups excluding carboxylic acids is 1. The number of ether oxygens (including phenoxy) is 3. The number of halogens is 1. The Labute approximate surface area is 124 Å². The zero-order valence-corrected chi connectivity index (χ0v) is 13.0. The molecule has 8 nitrogen and oxygen atoms in total. The molecule has 0 unspecified atom stereocenters. The molecule has 112 valence electrons. The first-order valence-electron chi connectivity index (χ1n) is 5.65. The average molecular weight is 350 g/mol. The molecule has 1 N–H and O–H groups in total. The predicted octanol–water partition coefficient (Wildman–Crippen LogP) is 0.210. The Balaban J connectivity index is 2.83. The van der Waals surface area contributed by atoms with Crippen LogP contribution in [-0.2, 0) is 25.5 Å². The molecule has 9 heteroatoms. The summed E-state index contributed by atoms with van der Waals surface area (Å²) in [6, 6.07) is 0. The van der Waals surface area contributed by atoms with E-state index in [1.165, 1.54) is 27.5 Å². The molecule has 0 atom stereocenters. The molecular weight excluding hydrogens is 334 g/mol. The Morgan fingerprint density at radius 2 is 2.10 bits per heavy atom. The highest BCUT2D eigenvalue weighted by Crippen LogP contribution is 2.16. The first-order chi connectivity index (χ1) is 9.53. The van der Waals surface area contributed by atoms with Gasteiger partial charge in [-0.25, -0.2) is 4.68 Å². The molecule has 0 aliphatic heterocycles. The SMILES string of the molecule is COC(=O)Cn1ncc(NCC(OC)OC)c(Br)c1=O. The van der Waals surface area contributed by atoms with Crippen LogP contribution in [0.2, 0.25) is 0 Å². The van der Waals surface area contributed by atoms with E-state index in [-0.39, 0.29) is 11.0 Å². The Hall–Kier alpha value is -1.45. The van der Waals surface area contributed by atoms with Crippen molar-refractivity contribution in [2.45, 2.75) is 12.8 Å². The Morgan fingerprint density at radius 3 is 2.65 bits per heavy atom. The molecule has 1 aromatic rings. The van der Waals surface area contributed by atoms with Crippen molar-refractivity contribution < 1.29 is 19.0 Å². The van der Waals surface area contributed by atoms with Crippen molar-refractivity contribution in [3.63, 3.8) is 0 Å². The number of aromatic nitrogens is 2. The lowest BCUT2D eigenvalue weighted by Gasteiger charge is -2.15. The third-order valence-electron chi connectivity index (χ3n) is 2.48. The second-order valence-electron chi connectivity index (χ2n) is 3.69. The fourth-order valence-electron chi connectivity index (χ4n) is 1.34. The van der Waals surface area contributed by atoms with Crippen LogP contribution in [0.15, 0.2) is 15.5 Å². The Kier molecular flexibility index (Phi) is 6.62. The largest absolute Gasteiger partial charge is 0.468 e. The predicted molar refractivity (Wildman–Crippen MR) is 74.5 cm³/mol. The van der Waals surface area contributed by atoms with E-state index in [0.29, 0.717) is 12.2 Å². The van der Waals surface area contributed by atoms with Gasteiger partial charge in [-0.05, 0) is 15.9 Å². The quantitative estimate of drug-likeness (QED) is 0.555. The normalized spacial score (nSPS) is 10.7. The number of methoxy groups -OCH3 is 3. The van der Waals surface area contributed by atoms with Gasteiger partial charge in [0.05, 0.1) is 25.5 Å². The second kappa shape index (κ2) is 7.98.